The highest BCUT2D eigenvalue weighted by Gasteiger charge is 2.43. The lowest BCUT2D eigenvalue weighted by molar-refractivity contribution is -0.385. The van der Waals surface area contributed by atoms with Crippen molar-refractivity contribution in [2.75, 3.05) is 20.8 Å². The van der Waals surface area contributed by atoms with Crippen LogP contribution in [-0.2, 0) is 4.74 Å². The van der Waals surface area contributed by atoms with Gasteiger partial charge in [0.25, 0.3) is 0 Å². The molecule has 116 valence electrons. The molecule has 0 heterocycles. The van der Waals surface area contributed by atoms with Crippen molar-refractivity contribution in [3.63, 3.8) is 0 Å². The predicted octanol–water partition coefficient (Wildman–Crippen LogP) is 1.75. The molecular formula is C14H20N2O5. The summed E-state index contributed by atoms with van der Waals surface area (Å²) in [4.78, 5) is 10.5. The van der Waals surface area contributed by atoms with Crippen LogP contribution in [0.3, 0.4) is 0 Å². The number of likely N-dealkylation sites (N-methyl/N-ethyl adjacent to an activating group) is 1. The van der Waals surface area contributed by atoms with E-state index in [2.05, 4.69) is 5.32 Å². The number of nitrogens with one attached hydrogen (secondary N) is 1. The van der Waals surface area contributed by atoms with Crippen LogP contribution in [0.4, 0.5) is 5.69 Å². The topological polar surface area (TPSA) is 82.9 Å². The SMILES string of the molecule is CCOC1C(NC)CC1Oc1ccc(OC)c([N+](=O)[O-])c1. The van der Waals surface area contributed by atoms with Crippen LogP contribution < -0.4 is 14.8 Å². The van der Waals surface area contributed by atoms with Gasteiger partial charge in [-0.1, -0.05) is 0 Å². The Bertz CT molecular complexity index is 508. The molecule has 1 aliphatic carbocycles. The maximum atomic E-state index is 11.0. The number of hydrogen-bond acceptors (Lipinski definition) is 6. The molecule has 1 saturated carbocycles. The zero-order valence-corrected chi connectivity index (χ0v) is 12.4. The Morgan fingerprint density at radius 2 is 2.24 bits per heavy atom. The highest BCUT2D eigenvalue weighted by Crippen LogP contribution is 2.34. The molecule has 0 aliphatic heterocycles. The lowest BCUT2D eigenvalue weighted by Crippen LogP contribution is -2.60. The van der Waals surface area contributed by atoms with Crippen LogP contribution >= 0.6 is 0 Å². The average Bonchev–Trinajstić information content (AvgIpc) is 2.48. The fraction of sp³-hybridized carbons (Fsp3) is 0.571. The van der Waals surface area contributed by atoms with E-state index in [1.165, 1.54) is 19.2 Å². The minimum Gasteiger partial charge on any atom is -0.490 e. The molecule has 7 heteroatoms. The van der Waals surface area contributed by atoms with Gasteiger partial charge in [-0.25, -0.2) is 0 Å². The minimum absolute atomic E-state index is 0.0406. The summed E-state index contributed by atoms with van der Waals surface area (Å²) in [7, 11) is 3.28. The Morgan fingerprint density at radius 3 is 2.81 bits per heavy atom. The predicted molar refractivity (Wildman–Crippen MR) is 76.9 cm³/mol. The van der Waals surface area contributed by atoms with Crippen molar-refractivity contribution in [3.05, 3.63) is 28.3 Å². The average molecular weight is 296 g/mol. The van der Waals surface area contributed by atoms with Gasteiger partial charge < -0.3 is 19.5 Å². The number of nitrogens with zero attached hydrogens (tertiary/aromatic N) is 1. The van der Waals surface area contributed by atoms with Crippen molar-refractivity contribution >= 4 is 5.69 Å². The van der Waals surface area contributed by atoms with Gasteiger partial charge in [-0.05, 0) is 26.1 Å². The first-order valence-electron chi connectivity index (χ1n) is 6.88. The third-order valence-electron chi connectivity index (χ3n) is 3.61. The zero-order valence-electron chi connectivity index (χ0n) is 12.4. The molecule has 0 saturated heterocycles. The Balaban J connectivity index is 2.09. The number of nitro benzene ring substituents is 1. The van der Waals surface area contributed by atoms with Crippen LogP contribution in [0.15, 0.2) is 18.2 Å². The summed E-state index contributed by atoms with van der Waals surface area (Å²) in [5, 5.41) is 14.2. The van der Waals surface area contributed by atoms with Crippen molar-refractivity contribution in [3.8, 4) is 11.5 Å². The molecule has 0 aromatic heterocycles. The van der Waals surface area contributed by atoms with Crippen LogP contribution in [0.2, 0.25) is 0 Å². The van der Waals surface area contributed by atoms with Gasteiger partial charge in [0.2, 0.25) is 0 Å². The smallest absolute Gasteiger partial charge is 0.314 e. The van der Waals surface area contributed by atoms with Crippen LogP contribution in [0.5, 0.6) is 11.5 Å². The lowest BCUT2D eigenvalue weighted by Gasteiger charge is -2.43. The van der Waals surface area contributed by atoms with Crippen LogP contribution in [0.25, 0.3) is 0 Å². The molecule has 7 nitrogen and oxygen atoms in total. The quantitative estimate of drug-likeness (QED) is 0.609. The van der Waals surface area contributed by atoms with E-state index in [9.17, 15) is 10.1 Å². The van der Waals surface area contributed by atoms with Crippen molar-refractivity contribution in [2.24, 2.45) is 0 Å². The molecular weight excluding hydrogens is 276 g/mol. The summed E-state index contributed by atoms with van der Waals surface area (Å²) in [5.74, 6) is 0.669. The molecule has 3 unspecified atom stereocenters. The monoisotopic (exact) mass is 296 g/mol. The standard InChI is InChI=1S/C14H20N2O5/c1-4-20-14-10(15-2)8-13(14)21-9-5-6-12(19-3)11(7-9)16(17)18/h5-7,10,13-15H,4,8H2,1-3H3. The van der Waals surface area contributed by atoms with E-state index in [1.807, 2.05) is 14.0 Å². The Labute approximate surface area is 123 Å². The van der Waals surface area contributed by atoms with Crippen LogP contribution in [0, 0.1) is 10.1 Å². The third kappa shape index (κ3) is 3.25. The van der Waals surface area contributed by atoms with E-state index in [4.69, 9.17) is 14.2 Å². The number of hydrogen-bond donors (Lipinski definition) is 1. The maximum absolute atomic E-state index is 11.0. The highest BCUT2D eigenvalue weighted by atomic mass is 16.6. The van der Waals surface area contributed by atoms with E-state index in [0.717, 1.165) is 6.42 Å². The van der Waals surface area contributed by atoms with Gasteiger partial charge in [0.1, 0.15) is 18.0 Å². The molecule has 2 rings (SSSR count). The largest absolute Gasteiger partial charge is 0.490 e. The summed E-state index contributed by atoms with van der Waals surface area (Å²) >= 11 is 0. The first-order valence-corrected chi connectivity index (χ1v) is 6.88. The summed E-state index contributed by atoms with van der Waals surface area (Å²) in [6.07, 6.45) is 0.664. The Morgan fingerprint density at radius 1 is 1.48 bits per heavy atom. The zero-order chi connectivity index (χ0) is 15.4. The Hall–Kier alpha value is -1.86. The fourth-order valence-corrected chi connectivity index (χ4v) is 2.46. The number of benzene rings is 1. The van der Waals surface area contributed by atoms with E-state index < -0.39 is 4.92 Å². The summed E-state index contributed by atoms with van der Waals surface area (Å²) < 4.78 is 16.4. The summed E-state index contributed by atoms with van der Waals surface area (Å²) in [6, 6.07) is 4.84. The normalized spacial score (nSPS) is 24.2. The van der Waals surface area contributed by atoms with Crippen LogP contribution in [-0.4, -0.2) is 43.9 Å². The van der Waals surface area contributed by atoms with Crippen molar-refractivity contribution in [1.82, 2.24) is 5.32 Å². The number of ether oxygens (including phenoxy) is 3. The molecule has 1 aromatic rings. The molecule has 0 spiro atoms. The highest BCUT2D eigenvalue weighted by molar-refractivity contribution is 5.51. The Kier molecular flexibility index (Phi) is 4.98. The third-order valence-corrected chi connectivity index (χ3v) is 3.61. The van der Waals surface area contributed by atoms with Gasteiger partial charge >= 0.3 is 5.69 Å². The molecule has 0 bridgehead atoms. The lowest BCUT2D eigenvalue weighted by atomic mass is 9.85. The maximum Gasteiger partial charge on any atom is 0.314 e. The van der Waals surface area contributed by atoms with Gasteiger partial charge in [0.05, 0.1) is 18.1 Å². The van der Waals surface area contributed by atoms with E-state index in [1.54, 1.807) is 6.07 Å². The van der Waals surface area contributed by atoms with Gasteiger partial charge in [-0.15, -0.1) is 0 Å². The minimum atomic E-state index is -0.483. The van der Waals surface area contributed by atoms with Gasteiger partial charge in [-0.2, -0.15) is 0 Å². The number of rotatable bonds is 7. The van der Waals surface area contributed by atoms with Crippen LogP contribution in [0.1, 0.15) is 13.3 Å². The second kappa shape index (κ2) is 6.73. The fourth-order valence-electron chi connectivity index (χ4n) is 2.46. The van der Waals surface area contributed by atoms with Gasteiger partial charge in [0, 0.05) is 19.1 Å². The molecule has 1 fully saturated rings. The molecule has 0 amide bonds. The second-order valence-electron chi connectivity index (χ2n) is 4.80. The van der Waals surface area contributed by atoms with E-state index in [-0.39, 0.29) is 29.7 Å². The second-order valence-corrected chi connectivity index (χ2v) is 4.80. The first kappa shape index (κ1) is 15.5. The van der Waals surface area contributed by atoms with Crippen molar-refractivity contribution < 1.29 is 19.1 Å². The van der Waals surface area contributed by atoms with Crippen molar-refractivity contribution in [1.29, 1.82) is 0 Å². The molecule has 1 N–H and O–H groups in total. The molecule has 0 radical (unpaired) electrons. The first-order chi connectivity index (χ1) is 10.1. The van der Waals surface area contributed by atoms with Gasteiger partial charge in [0.15, 0.2) is 5.75 Å². The summed E-state index contributed by atoms with van der Waals surface area (Å²) in [5.41, 5.74) is -0.104. The van der Waals surface area contributed by atoms with E-state index >= 15 is 0 Å². The van der Waals surface area contributed by atoms with Gasteiger partial charge in [-0.3, -0.25) is 10.1 Å². The summed E-state index contributed by atoms with van der Waals surface area (Å²) in [6.45, 7) is 2.53. The molecule has 21 heavy (non-hydrogen) atoms. The molecule has 1 aromatic carbocycles. The molecule has 3 atom stereocenters. The number of methoxy groups -OCH3 is 1. The number of nitro groups is 1. The van der Waals surface area contributed by atoms with Crippen molar-refractivity contribution in [2.45, 2.75) is 31.6 Å². The molecule has 1 aliphatic rings. The van der Waals surface area contributed by atoms with E-state index in [0.29, 0.717) is 12.4 Å².